The van der Waals surface area contributed by atoms with Crippen LogP contribution >= 0.6 is 11.8 Å². The SMILES string of the molecule is CCCNC(=O)CSCc1nnnn1C1CCCC1. The summed E-state index contributed by atoms with van der Waals surface area (Å²) in [5, 5.41) is 14.8. The number of nitrogens with one attached hydrogen (secondary N) is 1. The average molecular weight is 283 g/mol. The number of thioether (sulfide) groups is 1. The van der Waals surface area contributed by atoms with Crippen LogP contribution in [0.1, 0.15) is 50.9 Å². The van der Waals surface area contributed by atoms with Crippen LogP contribution in [0.15, 0.2) is 0 Å². The van der Waals surface area contributed by atoms with Crippen molar-refractivity contribution in [2.24, 2.45) is 0 Å². The third-order valence-electron chi connectivity index (χ3n) is 3.27. The number of hydrogen-bond acceptors (Lipinski definition) is 5. The van der Waals surface area contributed by atoms with E-state index in [4.69, 9.17) is 0 Å². The van der Waals surface area contributed by atoms with Crippen molar-refractivity contribution in [3.63, 3.8) is 0 Å². The van der Waals surface area contributed by atoms with Gasteiger partial charge in [-0.3, -0.25) is 4.79 Å². The van der Waals surface area contributed by atoms with Gasteiger partial charge in [-0.1, -0.05) is 19.8 Å². The van der Waals surface area contributed by atoms with Crippen LogP contribution in [0.3, 0.4) is 0 Å². The smallest absolute Gasteiger partial charge is 0.230 e. The first-order valence-corrected chi connectivity index (χ1v) is 8.08. The molecule has 0 aliphatic heterocycles. The zero-order valence-corrected chi connectivity index (χ0v) is 12.2. The van der Waals surface area contributed by atoms with E-state index in [1.54, 1.807) is 11.8 Å². The third-order valence-corrected chi connectivity index (χ3v) is 4.20. The van der Waals surface area contributed by atoms with Gasteiger partial charge in [0.2, 0.25) is 5.91 Å². The second-order valence-corrected chi connectivity index (χ2v) is 5.81. The fraction of sp³-hybridized carbons (Fsp3) is 0.833. The molecule has 0 radical (unpaired) electrons. The molecular weight excluding hydrogens is 262 g/mol. The molecule has 1 aliphatic carbocycles. The number of hydrogen-bond donors (Lipinski definition) is 1. The molecule has 106 valence electrons. The fourth-order valence-electron chi connectivity index (χ4n) is 2.29. The molecule has 1 heterocycles. The molecule has 0 saturated heterocycles. The maximum absolute atomic E-state index is 11.5. The molecule has 19 heavy (non-hydrogen) atoms. The summed E-state index contributed by atoms with van der Waals surface area (Å²) >= 11 is 1.57. The first-order chi connectivity index (χ1) is 9.31. The lowest BCUT2D eigenvalue weighted by molar-refractivity contribution is -0.118. The summed E-state index contributed by atoms with van der Waals surface area (Å²) in [6.45, 7) is 2.79. The minimum atomic E-state index is 0.0896. The highest BCUT2D eigenvalue weighted by Crippen LogP contribution is 2.29. The van der Waals surface area contributed by atoms with E-state index in [9.17, 15) is 4.79 Å². The second kappa shape index (κ2) is 7.47. The predicted octanol–water partition coefficient (Wildman–Crippen LogP) is 1.55. The summed E-state index contributed by atoms with van der Waals surface area (Å²) in [4.78, 5) is 11.5. The number of carbonyl (C=O) groups is 1. The van der Waals surface area contributed by atoms with Gasteiger partial charge in [0.1, 0.15) is 0 Å². The number of aromatic nitrogens is 4. The highest BCUT2D eigenvalue weighted by atomic mass is 32.2. The van der Waals surface area contributed by atoms with Crippen LogP contribution in [-0.2, 0) is 10.5 Å². The van der Waals surface area contributed by atoms with Gasteiger partial charge in [0.15, 0.2) is 5.82 Å². The number of carbonyl (C=O) groups excluding carboxylic acids is 1. The van der Waals surface area contributed by atoms with Gasteiger partial charge in [-0.05, 0) is 29.7 Å². The van der Waals surface area contributed by atoms with Crippen molar-refractivity contribution in [2.45, 2.75) is 50.8 Å². The van der Waals surface area contributed by atoms with Gasteiger partial charge in [0.05, 0.1) is 17.5 Å². The number of tetrazole rings is 1. The van der Waals surface area contributed by atoms with Gasteiger partial charge in [0.25, 0.3) is 0 Å². The highest BCUT2D eigenvalue weighted by molar-refractivity contribution is 7.99. The van der Waals surface area contributed by atoms with E-state index in [2.05, 4.69) is 20.8 Å². The second-order valence-electron chi connectivity index (χ2n) is 4.82. The standard InChI is InChI=1S/C12H21N5OS/c1-2-7-13-12(18)9-19-8-11-14-15-16-17(11)10-5-3-4-6-10/h10H,2-9H2,1H3,(H,13,18). The molecule has 0 atom stereocenters. The van der Waals surface area contributed by atoms with Crippen LogP contribution in [0.2, 0.25) is 0 Å². The molecule has 0 spiro atoms. The van der Waals surface area contributed by atoms with Crippen LogP contribution in [0.25, 0.3) is 0 Å². The monoisotopic (exact) mass is 283 g/mol. The molecule has 1 aromatic heterocycles. The van der Waals surface area contributed by atoms with Gasteiger partial charge >= 0.3 is 0 Å². The van der Waals surface area contributed by atoms with Gasteiger partial charge in [-0.25, -0.2) is 4.68 Å². The number of rotatable bonds is 7. The van der Waals surface area contributed by atoms with Crippen molar-refractivity contribution in [2.75, 3.05) is 12.3 Å². The fourth-order valence-corrected chi connectivity index (χ4v) is 3.05. The average Bonchev–Trinajstić information content (AvgIpc) is 3.06. The minimum Gasteiger partial charge on any atom is -0.355 e. The molecule has 7 heteroatoms. The van der Waals surface area contributed by atoms with E-state index in [0.717, 1.165) is 18.8 Å². The summed E-state index contributed by atoms with van der Waals surface area (Å²) in [5.41, 5.74) is 0. The van der Waals surface area contributed by atoms with Crippen molar-refractivity contribution in [1.29, 1.82) is 0 Å². The molecule has 1 amide bonds. The van der Waals surface area contributed by atoms with Crippen molar-refractivity contribution >= 4 is 17.7 Å². The van der Waals surface area contributed by atoms with Gasteiger partial charge < -0.3 is 5.32 Å². The van der Waals surface area contributed by atoms with Crippen molar-refractivity contribution in [1.82, 2.24) is 25.5 Å². The van der Waals surface area contributed by atoms with E-state index in [1.165, 1.54) is 25.7 Å². The van der Waals surface area contributed by atoms with Gasteiger partial charge in [-0.2, -0.15) is 0 Å². The van der Waals surface area contributed by atoms with Crippen LogP contribution < -0.4 is 5.32 Å². The first-order valence-electron chi connectivity index (χ1n) is 6.92. The quantitative estimate of drug-likeness (QED) is 0.822. The maximum atomic E-state index is 11.5. The molecule has 1 saturated carbocycles. The molecule has 1 N–H and O–H groups in total. The Morgan fingerprint density at radius 2 is 2.26 bits per heavy atom. The van der Waals surface area contributed by atoms with Crippen molar-refractivity contribution < 1.29 is 4.79 Å². The lowest BCUT2D eigenvalue weighted by Crippen LogP contribution is -2.25. The summed E-state index contributed by atoms with van der Waals surface area (Å²) in [5.74, 6) is 2.15. The van der Waals surface area contributed by atoms with Crippen molar-refractivity contribution in [3.05, 3.63) is 5.82 Å². The Morgan fingerprint density at radius 3 is 3.00 bits per heavy atom. The Bertz CT molecular complexity index is 403. The number of nitrogens with zero attached hydrogens (tertiary/aromatic N) is 4. The molecule has 0 aromatic carbocycles. The molecule has 2 rings (SSSR count). The zero-order chi connectivity index (χ0) is 13.5. The van der Waals surface area contributed by atoms with Gasteiger partial charge in [-0.15, -0.1) is 16.9 Å². The van der Waals surface area contributed by atoms with E-state index in [1.807, 2.05) is 11.6 Å². The number of amides is 1. The molecular formula is C12H21N5OS. The van der Waals surface area contributed by atoms with Gasteiger partial charge in [0, 0.05) is 6.54 Å². The maximum Gasteiger partial charge on any atom is 0.230 e. The summed E-state index contributed by atoms with van der Waals surface area (Å²) in [6, 6.07) is 0.458. The lowest BCUT2D eigenvalue weighted by Gasteiger charge is -2.10. The normalized spacial score (nSPS) is 15.8. The molecule has 0 unspecified atom stereocenters. The molecule has 1 fully saturated rings. The lowest BCUT2D eigenvalue weighted by atomic mass is 10.2. The predicted molar refractivity (Wildman–Crippen MR) is 74.8 cm³/mol. The first kappa shape index (κ1) is 14.3. The third kappa shape index (κ3) is 4.19. The van der Waals surface area contributed by atoms with Crippen LogP contribution in [0.4, 0.5) is 0 Å². The van der Waals surface area contributed by atoms with Crippen molar-refractivity contribution in [3.8, 4) is 0 Å². The Labute approximate surface area is 117 Å². The Hall–Kier alpha value is -1.11. The Kier molecular flexibility index (Phi) is 5.62. The molecule has 0 bridgehead atoms. The topological polar surface area (TPSA) is 72.7 Å². The molecule has 1 aliphatic rings. The molecule has 1 aromatic rings. The Balaban J connectivity index is 1.76. The van der Waals surface area contributed by atoms with E-state index >= 15 is 0 Å². The largest absolute Gasteiger partial charge is 0.355 e. The van der Waals surface area contributed by atoms with Crippen LogP contribution in [0, 0.1) is 0 Å². The molecule has 6 nitrogen and oxygen atoms in total. The summed E-state index contributed by atoms with van der Waals surface area (Å²) in [6.07, 6.45) is 5.82. The van der Waals surface area contributed by atoms with Crippen LogP contribution in [0.5, 0.6) is 0 Å². The highest BCUT2D eigenvalue weighted by Gasteiger charge is 2.21. The Morgan fingerprint density at radius 1 is 1.47 bits per heavy atom. The van der Waals surface area contributed by atoms with E-state index < -0.39 is 0 Å². The summed E-state index contributed by atoms with van der Waals surface area (Å²) in [7, 11) is 0. The van der Waals surface area contributed by atoms with E-state index in [-0.39, 0.29) is 5.91 Å². The van der Waals surface area contributed by atoms with E-state index in [0.29, 0.717) is 17.5 Å². The summed E-state index contributed by atoms with van der Waals surface area (Å²) < 4.78 is 1.95. The minimum absolute atomic E-state index is 0.0896. The van der Waals surface area contributed by atoms with Crippen LogP contribution in [-0.4, -0.2) is 38.4 Å². The zero-order valence-electron chi connectivity index (χ0n) is 11.3.